The van der Waals surface area contributed by atoms with Gasteiger partial charge < -0.3 is 14.7 Å². The molecule has 0 atom stereocenters. The van der Waals surface area contributed by atoms with Crippen molar-refractivity contribution in [2.24, 2.45) is 5.10 Å². The molecule has 0 saturated heterocycles. The summed E-state index contributed by atoms with van der Waals surface area (Å²) in [5, 5.41) is 13.2. The van der Waals surface area contributed by atoms with Gasteiger partial charge in [0, 0.05) is 13.1 Å². The summed E-state index contributed by atoms with van der Waals surface area (Å²) in [6, 6.07) is 4.60. The molecule has 7 nitrogen and oxygen atoms in total. The first kappa shape index (κ1) is 16.5. The molecule has 2 N–H and O–H groups in total. The molecule has 0 fully saturated rings. The third kappa shape index (κ3) is 4.48. The van der Waals surface area contributed by atoms with E-state index < -0.39 is 11.8 Å². The number of phenolic OH excluding ortho intramolecular Hbond substituents is 1. The molecular weight excluding hydrogens is 274 g/mol. The number of carbonyl (C=O) groups is 2. The molecule has 21 heavy (non-hydrogen) atoms. The Morgan fingerprint density at radius 1 is 1.38 bits per heavy atom. The lowest BCUT2D eigenvalue weighted by Crippen LogP contribution is -2.41. The van der Waals surface area contributed by atoms with Crippen molar-refractivity contribution in [3.05, 3.63) is 23.8 Å². The Morgan fingerprint density at radius 2 is 2.05 bits per heavy atom. The lowest BCUT2D eigenvalue weighted by Gasteiger charge is -2.16. The first-order chi connectivity index (χ1) is 10.0. The molecule has 114 valence electrons. The van der Waals surface area contributed by atoms with Crippen LogP contribution < -0.4 is 10.2 Å². The highest BCUT2D eigenvalue weighted by Crippen LogP contribution is 2.25. The smallest absolute Gasteiger partial charge is 0.329 e. The SMILES string of the molecule is CCN(CC)C(=O)C(=O)N/N=C/c1ccc(O)c(OC)c1. The Kier molecular flexibility index (Phi) is 6.19. The monoisotopic (exact) mass is 293 g/mol. The number of hydrogen-bond acceptors (Lipinski definition) is 5. The van der Waals surface area contributed by atoms with Crippen LogP contribution in [0.4, 0.5) is 0 Å². The number of carbonyl (C=O) groups excluding carboxylic acids is 2. The van der Waals surface area contributed by atoms with Crippen LogP contribution in [-0.4, -0.2) is 48.2 Å². The first-order valence-corrected chi connectivity index (χ1v) is 6.52. The quantitative estimate of drug-likeness (QED) is 0.475. The zero-order valence-corrected chi connectivity index (χ0v) is 12.3. The molecule has 0 saturated carbocycles. The molecule has 1 aromatic carbocycles. The van der Waals surface area contributed by atoms with Crippen molar-refractivity contribution in [2.75, 3.05) is 20.2 Å². The zero-order valence-electron chi connectivity index (χ0n) is 12.3. The Labute approximate surface area is 123 Å². The van der Waals surface area contributed by atoms with Gasteiger partial charge in [-0.2, -0.15) is 5.10 Å². The average molecular weight is 293 g/mol. The maximum absolute atomic E-state index is 11.7. The number of ether oxygens (including phenoxy) is 1. The lowest BCUT2D eigenvalue weighted by molar-refractivity contribution is -0.145. The van der Waals surface area contributed by atoms with E-state index in [0.717, 1.165) is 0 Å². The second kappa shape index (κ2) is 7.88. The van der Waals surface area contributed by atoms with E-state index in [2.05, 4.69) is 10.5 Å². The molecule has 7 heteroatoms. The summed E-state index contributed by atoms with van der Waals surface area (Å²) >= 11 is 0. The molecule has 1 rings (SSSR count). The predicted molar refractivity (Wildman–Crippen MR) is 78.3 cm³/mol. The van der Waals surface area contributed by atoms with E-state index in [1.807, 2.05) is 0 Å². The maximum Gasteiger partial charge on any atom is 0.329 e. The minimum Gasteiger partial charge on any atom is -0.504 e. The van der Waals surface area contributed by atoms with Gasteiger partial charge in [-0.05, 0) is 37.6 Å². The summed E-state index contributed by atoms with van der Waals surface area (Å²) in [6.45, 7) is 4.50. The zero-order chi connectivity index (χ0) is 15.8. The summed E-state index contributed by atoms with van der Waals surface area (Å²) in [6.07, 6.45) is 1.36. The third-order valence-corrected chi connectivity index (χ3v) is 2.83. The van der Waals surface area contributed by atoms with Crippen molar-refractivity contribution < 1.29 is 19.4 Å². The Hall–Kier alpha value is -2.57. The standard InChI is InChI=1S/C14H19N3O4/c1-4-17(5-2)14(20)13(19)16-15-9-10-6-7-11(18)12(8-10)21-3/h6-9,18H,4-5H2,1-3H3,(H,16,19)/b15-9+. The highest BCUT2D eigenvalue weighted by molar-refractivity contribution is 6.34. The molecule has 0 radical (unpaired) electrons. The number of likely N-dealkylation sites (N-methyl/N-ethyl adjacent to an activating group) is 1. The van der Waals surface area contributed by atoms with Crippen LogP contribution in [0.3, 0.4) is 0 Å². The second-order valence-corrected chi connectivity index (χ2v) is 4.11. The fourth-order valence-electron chi connectivity index (χ4n) is 1.64. The summed E-state index contributed by atoms with van der Waals surface area (Å²) in [4.78, 5) is 24.7. The summed E-state index contributed by atoms with van der Waals surface area (Å²) < 4.78 is 4.95. The van der Waals surface area contributed by atoms with Crippen LogP contribution in [0.5, 0.6) is 11.5 Å². The van der Waals surface area contributed by atoms with E-state index in [9.17, 15) is 14.7 Å². The van der Waals surface area contributed by atoms with Crippen LogP contribution >= 0.6 is 0 Å². The number of hydrogen-bond donors (Lipinski definition) is 2. The van der Waals surface area contributed by atoms with Crippen molar-refractivity contribution in [1.82, 2.24) is 10.3 Å². The van der Waals surface area contributed by atoms with Gasteiger partial charge in [0.2, 0.25) is 0 Å². The van der Waals surface area contributed by atoms with Crippen LogP contribution in [-0.2, 0) is 9.59 Å². The maximum atomic E-state index is 11.7. The second-order valence-electron chi connectivity index (χ2n) is 4.11. The molecule has 0 aliphatic heterocycles. The largest absolute Gasteiger partial charge is 0.504 e. The van der Waals surface area contributed by atoms with Crippen LogP contribution in [0.2, 0.25) is 0 Å². The van der Waals surface area contributed by atoms with Gasteiger partial charge in [-0.25, -0.2) is 5.43 Å². The normalized spacial score (nSPS) is 10.4. The first-order valence-electron chi connectivity index (χ1n) is 6.52. The molecule has 0 spiro atoms. The highest BCUT2D eigenvalue weighted by atomic mass is 16.5. The van der Waals surface area contributed by atoms with E-state index in [1.165, 1.54) is 24.3 Å². The predicted octanol–water partition coefficient (Wildman–Crippen LogP) is 0.719. The topological polar surface area (TPSA) is 91.2 Å². The minimum atomic E-state index is -0.791. The van der Waals surface area contributed by atoms with Crippen molar-refractivity contribution >= 4 is 18.0 Å². The molecule has 0 bridgehead atoms. The number of methoxy groups -OCH3 is 1. The van der Waals surface area contributed by atoms with E-state index in [1.54, 1.807) is 26.0 Å². The van der Waals surface area contributed by atoms with Gasteiger partial charge in [0.05, 0.1) is 13.3 Å². The fraction of sp³-hybridized carbons (Fsp3) is 0.357. The van der Waals surface area contributed by atoms with Gasteiger partial charge in [0.15, 0.2) is 11.5 Å². The van der Waals surface area contributed by atoms with Crippen molar-refractivity contribution in [3.8, 4) is 11.5 Å². The number of benzene rings is 1. The van der Waals surface area contributed by atoms with Crippen molar-refractivity contribution in [2.45, 2.75) is 13.8 Å². The average Bonchev–Trinajstić information content (AvgIpc) is 2.49. The third-order valence-electron chi connectivity index (χ3n) is 2.83. The van der Waals surface area contributed by atoms with Crippen LogP contribution in [0, 0.1) is 0 Å². The molecular formula is C14H19N3O4. The Balaban J connectivity index is 2.66. The van der Waals surface area contributed by atoms with E-state index >= 15 is 0 Å². The molecule has 2 amide bonds. The van der Waals surface area contributed by atoms with E-state index in [4.69, 9.17) is 4.74 Å². The van der Waals surface area contributed by atoms with Gasteiger partial charge >= 0.3 is 11.8 Å². The number of hydrazone groups is 1. The van der Waals surface area contributed by atoms with E-state index in [0.29, 0.717) is 24.4 Å². The van der Waals surface area contributed by atoms with Gasteiger partial charge in [-0.15, -0.1) is 0 Å². The van der Waals surface area contributed by atoms with Crippen LogP contribution in [0.15, 0.2) is 23.3 Å². The molecule has 0 aliphatic carbocycles. The van der Waals surface area contributed by atoms with E-state index in [-0.39, 0.29) is 5.75 Å². The van der Waals surface area contributed by atoms with Crippen molar-refractivity contribution in [3.63, 3.8) is 0 Å². The molecule has 0 aromatic heterocycles. The lowest BCUT2D eigenvalue weighted by atomic mass is 10.2. The number of rotatable bonds is 5. The van der Waals surface area contributed by atoms with Gasteiger partial charge in [-0.1, -0.05) is 0 Å². The summed E-state index contributed by atoms with van der Waals surface area (Å²) in [7, 11) is 1.43. The molecule has 0 heterocycles. The number of nitrogens with zero attached hydrogens (tertiary/aromatic N) is 2. The highest BCUT2D eigenvalue weighted by Gasteiger charge is 2.18. The number of amides is 2. The number of nitrogens with one attached hydrogen (secondary N) is 1. The molecule has 1 aromatic rings. The number of phenols is 1. The minimum absolute atomic E-state index is 0.00963. The molecule has 0 aliphatic rings. The van der Waals surface area contributed by atoms with Gasteiger partial charge in [-0.3, -0.25) is 9.59 Å². The Bertz CT molecular complexity index is 539. The van der Waals surface area contributed by atoms with Gasteiger partial charge in [0.25, 0.3) is 0 Å². The van der Waals surface area contributed by atoms with Crippen LogP contribution in [0.25, 0.3) is 0 Å². The molecule has 0 unspecified atom stereocenters. The fourth-order valence-corrected chi connectivity index (χ4v) is 1.64. The summed E-state index contributed by atoms with van der Waals surface area (Å²) in [5.41, 5.74) is 2.78. The summed E-state index contributed by atoms with van der Waals surface area (Å²) in [5.74, 6) is -1.11. The van der Waals surface area contributed by atoms with Crippen molar-refractivity contribution in [1.29, 1.82) is 0 Å². The van der Waals surface area contributed by atoms with Crippen LogP contribution in [0.1, 0.15) is 19.4 Å². The Morgan fingerprint density at radius 3 is 2.62 bits per heavy atom. The van der Waals surface area contributed by atoms with Gasteiger partial charge in [0.1, 0.15) is 0 Å². The number of aromatic hydroxyl groups is 1.